The molecule has 2 N–H and O–H groups in total. The minimum atomic E-state index is -3.58. The summed E-state index contributed by atoms with van der Waals surface area (Å²) in [6.45, 7) is 3.23. The summed E-state index contributed by atoms with van der Waals surface area (Å²) in [6, 6.07) is 0. The van der Waals surface area contributed by atoms with Gasteiger partial charge in [-0.3, -0.25) is 4.79 Å². The van der Waals surface area contributed by atoms with Crippen molar-refractivity contribution in [2.24, 2.45) is 5.92 Å². The third kappa shape index (κ3) is 4.41. The second-order valence-electron chi connectivity index (χ2n) is 4.70. The molecule has 0 aromatic carbocycles. The van der Waals surface area contributed by atoms with Crippen LogP contribution in [0, 0.1) is 12.8 Å². The van der Waals surface area contributed by atoms with E-state index in [2.05, 4.69) is 9.71 Å². The third-order valence-corrected chi connectivity index (χ3v) is 5.90. The molecule has 6 nitrogen and oxygen atoms in total. The summed E-state index contributed by atoms with van der Waals surface area (Å²) in [5.41, 5.74) is 0.382. The summed E-state index contributed by atoms with van der Waals surface area (Å²) in [6.07, 6.45) is 3.13. The Balaban J connectivity index is 1.74. The van der Waals surface area contributed by atoms with Crippen molar-refractivity contribution in [3.05, 3.63) is 15.4 Å². The molecule has 0 atom stereocenters. The summed E-state index contributed by atoms with van der Waals surface area (Å²) in [5.74, 6) is 0.719. The Labute approximate surface area is 116 Å². The molecule has 1 aromatic rings. The van der Waals surface area contributed by atoms with E-state index in [1.165, 1.54) is 12.8 Å². The van der Waals surface area contributed by atoms with E-state index in [1.807, 2.05) is 0 Å². The molecule has 1 aromatic heterocycles. The molecule has 0 aliphatic heterocycles. The van der Waals surface area contributed by atoms with Gasteiger partial charge in [-0.05, 0) is 32.1 Å². The number of hydrogen-bond acceptors (Lipinski definition) is 5. The molecule has 8 heteroatoms. The van der Waals surface area contributed by atoms with Crippen molar-refractivity contribution in [2.45, 2.75) is 30.4 Å². The van der Waals surface area contributed by atoms with Crippen LogP contribution in [0.3, 0.4) is 0 Å². The molecular weight excluding hydrogens is 288 g/mol. The Bertz CT molecular complexity index is 572. The Hall–Kier alpha value is -0.700. The summed E-state index contributed by atoms with van der Waals surface area (Å²) >= 11 is 0.709. The monoisotopic (exact) mass is 306 g/mol. The molecule has 1 heterocycles. The minimum Gasteiger partial charge on any atom is -0.381 e. The number of aromatic nitrogens is 1. The van der Waals surface area contributed by atoms with Gasteiger partial charge in [0, 0.05) is 25.5 Å². The van der Waals surface area contributed by atoms with E-state index in [9.17, 15) is 13.2 Å². The lowest BCUT2D eigenvalue weighted by atomic mass is 10.4. The molecule has 19 heavy (non-hydrogen) atoms. The zero-order valence-electron chi connectivity index (χ0n) is 10.8. The van der Waals surface area contributed by atoms with Crippen molar-refractivity contribution >= 4 is 21.4 Å². The van der Waals surface area contributed by atoms with Gasteiger partial charge in [0.05, 0.1) is 0 Å². The smallest absolute Gasteiger partial charge is 0.305 e. The second-order valence-corrected chi connectivity index (χ2v) is 7.64. The summed E-state index contributed by atoms with van der Waals surface area (Å²) in [5, 5.41) is 0. The van der Waals surface area contributed by atoms with Crippen LogP contribution in [0.25, 0.3) is 0 Å². The van der Waals surface area contributed by atoms with Crippen molar-refractivity contribution in [1.29, 1.82) is 0 Å². The van der Waals surface area contributed by atoms with Gasteiger partial charge in [0.25, 0.3) is 10.0 Å². The first-order chi connectivity index (χ1) is 8.99. The standard InChI is InChI=1S/C11H18N2O4S2/c1-8-10(18-11(14)13-8)19(15,16)12-5-2-6-17-7-9-3-4-9/h9,12H,2-7H2,1H3,(H,13,14). The molecule has 1 aliphatic rings. The topological polar surface area (TPSA) is 88.3 Å². The molecule has 0 saturated heterocycles. The van der Waals surface area contributed by atoms with E-state index in [4.69, 9.17) is 4.74 Å². The van der Waals surface area contributed by atoms with Crippen LogP contribution >= 0.6 is 11.3 Å². The number of hydrogen-bond donors (Lipinski definition) is 2. The molecule has 0 amide bonds. The largest absolute Gasteiger partial charge is 0.381 e. The van der Waals surface area contributed by atoms with Gasteiger partial charge < -0.3 is 9.72 Å². The Morgan fingerprint density at radius 1 is 1.47 bits per heavy atom. The first-order valence-electron chi connectivity index (χ1n) is 6.26. The third-order valence-electron chi connectivity index (χ3n) is 2.83. The quantitative estimate of drug-likeness (QED) is 0.697. The van der Waals surface area contributed by atoms with Gasteiger partial charge in [-0.25, -0.2) is 13.1 Å². The van der Waals surface area contributed by atoms with Gasteiger partial charge in [-0.15, -0.1) is 0 Å². The summed E-state index contributed by atoms with van der Waals surface area (Å²) in [7, 11) is -3.58. The molecule has 0 unspecified atom stereocenters. The van der Waals surface area contributed by atoms with Gasteiger partial charge in [0.15, 0.2) is 4.21 Å². The minimum absolute atomic E-state index is 0.0661. The fourth-order valence-corrected chi connectivity index (χ4v) is 4.05. The Morgan fingerprint density at radius 2 is 2.21 bits per heavy atom. The predicted molar refractivity (Wildman–Crippen MR) is 73.0 cm³/mol. The van der Waals surface area contributed by atoms with Crippen LogP contribution in [0.5, 0.6) is 0 Å². The van der Waals surface area contributed by atoms with Gasteiger partial charge in [-0.2, -0.15) is 0 Å². The number of thiazole rings is 1. The average Bonchev–Trinajstić information content (AvgIpc) is 3.08. The summed E-state index contributed by atoms with van der Waals surface area (Å²) in [4.78, 5) is 13.2. The van der Waals surface area contributed by atoms with Gasteiger partial charge in [0.2, 0.25) is 0 Å². The Kier molecular flexibility index (Phi) is 4.77. The van der Waals surface area contributed by atoms with Crippen molar-refractivity contribution < 1.29 is 13.2 Å². The molecule has 1 saturated carbocycles. The first-order valence-corrected chi connectivity index (χ1v) is 8.56. The van der Waals surface area contributed by atoms with E-state index in [-0.39, 0.29) is 9.08 Å². The van der Waals surface area contributed by atoms with Crippen LogP contribution in [0.2, 0.25) is 0 Å². The lowest BCUT2D eigenvalue weighted by Gasteiger charge is -2.06. The maximum absolute atomic E-state index is 11.9. The number of ether oxygens (including phenoxy) is 1. The van der Waals surface area contributed by atoms with E-state index in [0.29, 0.717) is 36.6 Å². The van der Waals surface area contributed by atoms with E-state index < -0.39 is 10.0 Å². The first kappa shape index (κ1) is 14.7. The molecule has 2 rings (SSSR count). The summed E-state index contributed by atoms with van der Waals surface area (Å²) < 4.78 is 31.8. The highest BCUT2D eigenvalue weighted by atomic mass is 32.2. The second kappa shape index (κ2) is 6.17. The highest BCUT2D eigenvalue weighted by Crippen LogP contribution is 2.28. The van der Waals surface area contributed by atoms with Crippen LogP contribution in [-0.4, -0.2) is 33.2 Å². The van der Waals surface area contributed by atoms with Crippen LogP contribution in [-0.2, 0) is 14.8 Å². The van der Waals surface area contributed by atoms with Crippen molar-refractivity contribution in [3.63, 3.8) is 0 Å². The van der Waals surface area contributed by atoms with E-state index in [1.54, 1.807) is 6.92 Å². The van der Waals surface area contributed by atoms with E-state index in [0.717, 1.165) is 12.5 Å². The highest BCUT2D eigenvalue weighted by molar-refractivity contribution is 7.91. The SMILES string of the molecule is Cc1[nH]c(=O)sc1S(=O)(=O)NCCCOCC1CC1. The van der Waals surface area contributed by atoms with Crippen LogP contribution in [0.15, 0.2) is 9.00 Å². The zero-order valence-corrected chi connectivity index (χ0v) is 12.4. The molecule has 0 bridgehead atoms. The predicted octanol–water partition coefficient (Wildman–Crippen LogP) is 0.840. The fraction of sp³-hybridized carbons (Fsp3) is 0.727. The van der Waals surface area contributed by atoms with Crippen molar-refractivity contribution in [2.75, 3.05) is 19.8 Å². The van der Waals surface area contributed by atoms with Gasteiger partial charge in [0.1, 0.15) is 0 Å². The van der Waals surface area contributed by atoms with Crippen molar-refractivity contribution in [1.82, 2.24) is 9.71 Å². The number of aromatic amines is 1. The molecule has 108 valence electrons. The number of H-pyrrole nitrogens is 1. The van der Waals surface area contributed by atoms with E-state index >= 15 is 0 Å². The maximum Gasteiger partial charge on any atom is 0.305 e. The average molecular weight is 306 g/mol. The fourth-order valence-electron chi connectivity index (χ4n) is 1.63. The van der Waals surface area contributed by atoms with Crippen LogP contribution in [0.1, 0.15) is 25.0 Å². The molecule has 0 radical (unpaired) electrons. The molecule has 1 aliphatic carbocycles. The number of aryl methyl sites for hydroxylation is 1. The molecule has 0 spiro atoms. The van der Waals surface area contributed by atoms with Crippen LogP contribution < -0.4 is 9.60 Å². The maximum atomic E-state index is 11.9. The lowest BCUT2D eigenvalue weighted by molar-refractivity contribution is 0.123. The molecule has 1 fully saturated rings. The number of rotatable bonds is 8. The lowest BCUT2D eigenvalue weighted by Crippen LogP contribution is -2.25. The number of nitrogens with one attached hydrogen (secondary N) is 2. The van der Waals surface area contributed by atoms with Crippen molar-refractivity contribution in [3.8, 4) is 0 Å². The van der Waals surface area contributed by atoms with Crippen LogP contribution in [0.4, 0.5) is 0 Å². The Morgan fingerprint density at radius 3 is 2.79 bits per heavy atom. The molecular formula is C11H18N2O4S2. The van der Waals surface area contributed by atoms with Gasteiger partial charge in [-0.1, -0.05) is 11.3 Å². The number of sulfonamides is 1. The highest BCUT2D eigenvalue weighted by Gasteiger charge is 2.21. The normalized spacial score (nSPS) is 15.8. The van der Waals surface area contributed by atoms with Gasteiger partial charge >= 0.3 is 4.87 Å². The zero-order chi connectivity index (χ0) is 13.9.